The molecule has 0 radical (unpaired) electrons. The summed E-state index contributed by atoms with van der Waals surface area (Å²) in [5, 5.41) is 11.8. The fraction of sp³-hybridized carbons (Fsp3) is 0.449. The molecule has 4 aromatic rings. The van der Waals surface area contributed by atoms with Gasteiger partial charge in [-0.3, -0.25) is 33.7 Å². The van der Waals surface area contributed by atoms with Gasteiger partial charge in [-0.15, -0.1) is 0 Å². The van der Waals surface area contributed by atoms with E-state index < -0.39 is 77.3 Å². The summed E-state index contributed by atoms with van der Waals surface area (Å²) in [5.74, 6) is -3.52. The van der Waals surface area contributed by atoms with Crippen LogP contribution in [0.25, 0.3) is 10.9 Å². The molecule has 2 aliphatic heterocycles. The van der Waals surface area contributed by atoms with E-state index in [2.05, 4.69) is 20.9 Å². The lowest BCUT2D eigenvalue weighted by atomic mass is 10.0. The molecule has 5 atom stereocenters. The second kappa shape index (κ2) is 21.3. The first-order chi connectivity index (χ1) is 31.0. The molecule has 346 valence electrons. The molecule has 2 aliphatic rings. The van der Waals surface area contributed by atoms with Crippen molar-refractivity contribution in [2.24, 2.45) is 11.7 Å². The number of nitrogens with one attached hydrogen (secondary N) is 4. The molecule has 2 fully saturated rings. The van der Waals surface area contributed by atoms with Crippen LogP contribution < -0.4 is 21.7 Å². The van der Waals surface area contributed by atoms with Gasteiger partial charge in [0, 0.05) is 55.9 Å². The van der Waals surface area contributed by atoms with Gasteiger partial charge >= 0.3 is 6.09 Å². The predicted molar refractivity (Wildman–Crippen MR) is 244 cm³/mol. The van der Waals surface area contributed by atoms with Crippen LogP contribution in [0.3, 0.4) is 0 Å². The molecule has 6 N–H and O–H groups in total. The van der Waals surface area contributed by atoms with Gasteiger partial charge in [-0.1, -0.05) is 92.7 Å². The van der Waals surface area contributed by atoms with E-state index in [-0.39, 0.29) is 44.6 Å². The Kier molecular flexibility index (Phi) is 15.7. The van der Waals surface area contributed by atoms with E-state index in [4.69, 9.17) is 10.5 Å². The van der Waals surface area contributed by atoms with Crippen LogP contribution in [0.4, 0.5) is 4.79 Å². The number of nitrogens with zero attached hydrogens (tertiary/aromatic N) is 3. The molecule has 1 aromatic heterocycles. The maximum absolute atomic E-state index is 14.6. The minimum atomic E-state index is -1.22. The van der Waals surface area contributed by atoms with Gasteiger partial charge < -0.3 is 31.4 Å². The predicted octanol–water partition coefficient (Wildman–Crippen LogP) is 4.32. The van der Waals surface area contributed by atoms with Crippen LogP contribution in [0, 0.1) is 5.92 Å². The first kappa shape index (κ1) is 47.8. The van der Waals surface area contributed by atoms with E-state index in [1.807, 2.05) is 86.6 Å². The summed E-state index contributed by atoms with van der Waals surface area (Å²) in [4.78, 5) is 102. The van der Waals surface area contributed by atoms with Crippen molar-refractivity contribution in [3.05, 3.63) is 108 Å². The van der Waals surface area contributed by atoms with Crippen molar-refractivity contribution in [2.75, 3.05) is 13.1 Å². The molecule has 0 aliphatic carbocycles. The molecule has 0 bridgehead atoms. The van der Waals surface area contributed by atoms with E-state index in [9.17, 15) is 33.6 Å². The number of aromatic amines is 1. The van der Waals surface area contributed by atoms with E-state index in [1.54, 1.807) is 39.1 Å². The number of para-hydroxylation sites is 1. The number of aromatic nitrogens is 1. The first-order valence-electron chi connectivity index (χ1n) is 22.4. The van der Waals surface area contributed by atoms with Crippen molar-refractivity contribution in [2.45, 2.75) is 122 Å². The summed E-state index contributed by atoms with van der Waals surface area (Å²) in [7, 11) is 0. The minimum absolute atomic E-state index is 0.0195. The van der Waals surface area contributed by atoms with Gasteiger partial charge in [0.25, 0.3) is 5.91 Å². The van der Waals surface area contributed by atoms with Crippen molar-refractivity contribution in [3.8, 4) is 0 Å². The zero-order valence-electron chi connectivity index (χ0n) is 37.9. The van der Waals surface area contributed by atoms with E-state index in [0.29, 0.717) is 25.8 Å². The van der Waals surface area contributed by atoms with Gasteiger partial charge in [0.1, 0.15) is 35.8 Å². The largest absolute Gasteiger partial charge is 0.444 e. The molecule has 3 aromatic carbocycles. The van der Waals surface area contributed by atoms with Gasteiger partial charge in [0.05, 0.1) is 0 Å². The van der Waals surface area contributed by atoms with Crippen LogP contribution in [-0.4, -0.2) is 110 Å². The second-order valence-corrected chi connectivity index (χ2v) is 18.3. The molecule has 1 unspecified atom stereocenters. The highest BCUT2D eigenvalue weighted by atomic mass is 16.6. The van der Waals surface area contributed by atoms with E-state index >= 15 is 0 Å². The molecule has 3 heterocycles. The lowest BCUT2D eigenvalue weighted by molar-refractivity contribution is -0.168. The Labute approximate surface area is 379 Å². The molecule has 2 saturated heterocycles. The highest BCUT2D eigenvalue weighted by molar-refractivity contribution is 5.97. The average Bonchev–Trinajstić information content (AvgIpc) is 4.02. The monoisotopic (exact) mass is 890 g/mol. The highest BCUT2D eigenvalue weighted by Gasteiger charge is 2.44. The van der Waals surface area contributed by atoms with Crippen LogP contribution in [0.2, 0.25) is 0 Å². The zero-order valence-corrected chi connectivity index (χ0v) is 37.9. The summed E-state index contributed by atoms with van der Waals surface area (Å²) < 4.78 is 5.59. The topological polar surface area (TPSA) is 216 Å². The Bertz CT molecular complexity index is 2330. The highest BCUT2D eigenvalue weighted by Crippen LogP contribution is 2.25. The summed E-state index contributed by atoms with van der Waals surface area (Å²) in [6, 6.07) is 20.1. The van der Waals surface area contributed by atoms with E-state index in [0.717, 1.165) is 27.6 Å². The van der Waals surface area contributed by atoms with Crippen LogP contribution >= 0.6 is 0 Å². The number of primary amides is 1. The number of fused-ring (bicyclic) bond motifs is 1. The van der Waals surface area contributed by atoms with Crippen molar-refractivity contribution in [1.29, 1.82) is 0 Å². The molecule has 7 amide bonds. The Balaban J connectivity index is 1.24. The summed E-state index contributed by atoms with van der Waals surface area (Å²) in [6.45, 7) is 9.51. The van der Waals surface area contributed by atoms with E-state index in [1.165, 1.54) is 14.9 Å². The molecular formula is C49H62N8O8. The van der Waals surface area contributed by atoms with Gasteiger partial charge in [0.2, 0.25) is 29.5 Å². The van der Waals surface area contributed by atoms with Crippen molar-refractivity contribution in [1.82, 2.24) is 35.9 Å². The Morgan fingerprint density at radius 2 is 1.45 bits per heavy atom. The molecule has 6 rings (SSSR count). The summed E-state index contributed by atoms with van der Waals surface area (Å²) >= 11 is 0. The number of hydrogen-bond acceptors (Lipinski definition) is 8. The summed E-state index contributed by atoms with van der Waals surface area (Å²) in [5.41, 5.74) is 8.19. The van der Waals surface area contributed by atoms with Crippen LogP contribution in [0.5, 0.6) is 0 Å². The molecule has 0 saturated carbocycles. The Morgan fingerprint density at radius 1 is 0.815 bits per heavy atom. The minimum Gasteiger partial charge on any atom is -0.444 e. The third-order valence-electron chi connectivity index (χ3n) is 11.7. The number of amides is 7. The van der Waals surface area contributed by atoms with Gasteiger partial charge in [-0.25, -0.2) is 14.8 Å². The van der Waals surface area contributed by atoms with Crippen LogP contribution in [0.15, 0.2) is 91.1 Å². The third kappa shape index (κ3) is 12.5. The molecular weight excluding hydrogens is 829 g/mol. The van der Waals surface area contributed by atoms with Crippen molar-refractivity contribution >= 4 is 52.4 Å². The molecule has 65 heavy (non-hydrogen) atoms. The lowest BCUT2D eigenvalue weighted by Crippen LogP contribution is -2.60. The normalized spacial score (nSPS) is 17.7. The number of carbonyl (C=O) groups excluding carboxylic acids is 7. The van der Waals surface area contributed by atoms with Crippen LogP contribution in [0.1, 0.15) is 83.4 Å². The number of likely N-dealkylation sites (tertiary alicyclic amines) is 1. The Morgan fingerprint density at radius 3 is 2.09 bits per heavy atom. The third-order valence-corrected chi connectivity index (χ3v) is 11.7. The van der Waals surface area contributed by atoms with Gasteiger partial charge in [-0.05, 0) is 75.1 Å². The van der Waals surface area contributed by atoms with Gasteiger partial charge in [-0.2, -0.15) is 0 Å². The van der Waals surface area contributed by atoms with Crippen molar-refractivity contribution < 1.29 is 38.3 Å². The standard InChI is InChI=1S/C49H62N8O8/c1-31(2)22-23-42(58)57(41(43(50)59)28-33-17-10-7-11-18-33)56-26-24-37(47(56)63)52-44(60)38(27-32-15-8-6-9-16-32)53-45(61)39(29-34-30-51-36-20-13-12-19-35(34)36)54-46(62)40-21-14-25-55(40)48(64)65-49(3,4)5/h6-13,15-20,30-31,37-41,51H,14,21-29H2,1-5H3,(H2,50,59)(H,52,60)(H,53,61)(H,54,62)/t37-,38-,39+,40+,41?/m0/s1. The molecule has 0 spiro atoms. The number of hydrazine groups is 1. The first-order valence-corrected chi connectivity index (χ1v) is 22.4. The van der Waals surface area contributed by atoms with Crippen LogP contribution in [-0.2, 0) is 52.8 Å². The molecule has 16 nitrogen and oxygen atoms in total. The lowest BCUT2D eigenvalue weighted by Gasteiger charge is -2.37. The number of benzene rings is 3. The number of nitrogens with two attached hydrogens (primary N) is 1. The maximum Gasteiger partial charge on any atom is 0.410 e. The molecule has 16 heteroatoms. The SMILES string of the molecule is CC(C)CCC(=O)N(C(Cc1ccccc1)C(N)=O)N1CC[C@H](NC(=O)[C@H](Cc2ccccc2)NC(=O)[C@@H](Cc2c[nH]c3ccccc23)NC(=O)[C@H]2CCCN2C(=O)OC(C)(C)C)C1=O. The smallest absolute Gasteiger partial charge is 0.410 e. The number of carbonyl (C=O) groups is 7. The van der Waals surface area contributed by atoms with Gasteiger partial charge in [0.15, 0.2) is 0 Å². The quantitative estimate of drug-likeness (QED) is 0.0968. The number of rotatable bonds is 18. The number of H-pyrrole nitrogens is 1. The fourth-order valence-electron chi connectivity index (χ4n) is 8.34. The second-order valence-electron chi connectivity index (χ2n) is 18.3. The fourth-order valence-corrected chi connectivity index (χ4v) is 8.34. The average molecular weight is 891 g/mol. The maximum atomic E-state index is 14.6. The number of ether oxygens (including phenoxy) is 1. The zero-order chi connectivity index (χ0) is 46.8. The number of hydrogen-bond donors (Lipinski definition) is 5. The van der Waals surface area contributed by atoms with Crippen molar-refractivity contribution in [3.63, 3.8) is 0 Å². The Hall–Kier alpha value is -6.71. The summed E-state index contributed by atoms with van der Waals surface area (Å²) in [6.07, 6.45) is 2.91.